The van der Waals surface area contributed by atoms with Gasteiger partial charge in [0, 0.05) is 17.1 Å². The number of aldehydes is 1. The third kappa shape index (κ3) is 1.34. The second kappa shape index (κ2) is 3.65. The Morgan fingerprint density at radius 2 is 2.13 bits per heavy atom. The molecule has 4 heteroatoms. The molecule has 2 aromatic rings. The molecule has 0 radical (unpaired) electrons. The van der Waals surface area contributed by atoms with Gasteiger partial charge < -0.3 is 14.5 Å². The zero-order chi connectivity index (χ0) is 10.8. The van der Waals surface area contributed by atoms with Crippen LogP contribution in [-0.2, 0) is 0 Å². The van der Waals surface area contributed by atoms with Crippen LogP contribution in [-0.4, -0.2) is 25.5 Å². The lowest BCUT2D eigenvalue weighted by Gasteiger charge is -2.09. The van der Waals surface area contributed by atoms with E-state index in [0.717, 1.165) is 17.2 Å². The number of aromatic amines is 1. The van der Waals surface area contributed by atoms with E-state index in [4.69, 9.17) is 9.47 Å². The van der Waals surface area contributed by atoms with E-state index in [1.54, 1.807) is 26.5 Å². The molecular formula is C11H11NO3. The highest BCUT2D eigenvalue weighted by molar-refractivity contribution is 6.01. The highest BCUT2D eigenvalue weighted by Gasteiger charge is 2.13. The molecule has 78 valence electrons. The van der Waals surface area contributed by atoms with E-state index in [0.29, 0.717) is 17.1 Å². The Morgan fingerprint density at radius 3 is 2.73 bits per heavy atom. The van der Waals surface area contributed by atoms with Gasteiger partial charge in [0.2, 0.25) is 0 Å². The summed E-state index contributed by atoms with van der Waals surface area (Å²) < 4.78 is 10.4. The molecule has 0 unspecified atom stereocenters. The molecule has 0 spiro atoms. The summed E-state index contributed by atoms with van der Waals surface area (Å²) in [5, 5.41) is 0.836. The first-order valence-corrected chi connectivity index (χ1v) is 4.49. The number of hydrogen-bond donors (Lipinski definition) is 1. The van der Waals surface area contributed by atoms with E-state index in [9.17, 15) is 4.79 Å². The van der Waals surface area contributed by atoms with E-state index < -0.39 is 0 Å². The average Bonchev–Trinajstić information content (AvgIpc) is 2.75. The molecule has 0 aliphatic rings. The first kappa shape index (κ1) is 9.58. The second-order valence-corrected chi connectivity index (χ2v) is 3.09. The number of methoxy groups -OCH3 is 2. The minimum Gasteiger partial charge on any atom is -0.493 e. The van der Waals surface area contributed by atoms with Gasteiger partial charge in [0.05, 0.1) is 19.7 Å². The van der Waals surface area contributed by atoms with Gasteiger partial charge in [-0.05, 0) is 12.1 Å². The molecule has 0 aliphatic carbocycles. The Labute approximate surface area is 86.8 Å². The van der Waals surface area contributed by atoms with Crippen molar-refractivity contribution in [3.05, 3.63) is 23.9 Å². The van der Waals surface area contributed by atoms with Crippen molar-refractivity contribution in [1.82, 2.24) is 4.98 Å². The van der Waals surface area contributed by atoms with Gasteiger partial charge >= 0.3 is 0 Å². The van der Waals surface area contributed by atoms with Crippen LogP contribution in [0.1, 0.15) is 10.4 Å². The molecule has 15 heavy (non-hydrogen) atoms. The zero-order valence-corrected chi connectivity index (χ0v) is 8.53. The van der Waals surface area contributed by atoms with Crippen molar-refractivity contribution in [3.63, 3.8) is 0 Å². The quantitative estimate of drug-likeness (QED) is 0.779. The highest BCUT2D eigenvalue weighted by Crippen LogP contribution is 2.36. The Bertz CT molecular complexity index is 502. The number of hydrogen-bond acceptors (Lipinski definition) is 3. The summed E-state index contributed by atoms with van der Waals surface area (Å²) in [4.78, 5) is 13.9. The number of carbonyl (C=O) groups is 1. The number of carbonyl (C=O) groups excluding carboxylic acids is 1. The predicted octanol–water partition coefficient (Wildman–Crippen LogP) is 2.00. The molecule has 0 saturated heterocycles. The lowest BCUT2D eigenvalue weighted by Crippen LogP contribution is -1.94. The van der Waals surface area contributed by atoms with Crippen LogP contribution >= 0.6 is 0 Å². The van der Waals surface area contributed by atoms with Crippen LogP contribution in [0.2, 0.25) is 0 Å². The molecule has 1 heterocycles. The highest BCUT2D eigenvalue weighted by atomic mass is 16.5. The second-order valence-electron chi connectivity index (χ2n) is 3.09. The smallest absolute Gasteiger partial charge is 0.184 e. The summed E-state index contributed by atoms with van der Waals surface area (Å²) in [5.74, 6) is 1.16. The number of aromatic nitrogens is 1. The standard InChI is InChI=1S/C11H11NO3/c1-14-9-5-7(6-13)8-3-4-12-10(8)11(9)15-2/h3-6,12H,1-2H3. The largest absolute Gasteiger partial charge is 0.493 e. The van der Waals surface area contributed by atoms with Crippen LogP contribution < -0.4 is 9.47 Å². The normalized spacial score (nSPS) is 10.3. The van der Waals surface area contributed by atoms with Crippen molar-refractivity contribution in [3.8, 4) is 11.5 Å². The summed E-state index contributed by atoms with van der Waals surface area (Å²) in [5.41, 5.74) is 1.36. The first-order chi connectivity index (χ1) is 7.31. The van der Waals surface area contributed by atoms with Crippen LogP contribution in [0.3, 0.4) is 0 Å². The molecular weight excluding hydrogens is 194 g/mol. The molecule has 1 aromatic heterocycles. The Balaban J connectivity index is 2.84. The van der Waals surface area contributed by atoms with E-state index in [2.05, 4.69) is 4.98 Å². The molecule has 0 bridgehead atoms. The maximum atomic E-state index is 10.9. The number of fused-ring (bicyclic) bond motifs is 1. The first-order valence-electron chi connectivity index (χ1n) is 4.49. The third-order valence-electron chi connectivity index (χ3n) is 2.35. The Morgan fingerprint density at radius 1 is 1.33 bits per heavy atom. The van der Waals surface area contributed by atoms with Crippen LogP contribution in [0.5, 0.6) is 11.5 Å². The Hall–Kier alpha value is -1.97. The molecule has 4 nitrogen and oxygen atoms in total. The van der Waals surface area contributed by atoms with Gasteiger partial charge in [-0.1, -0.05) is 0 Å². The van der Waals surface area contributed by atoms with Crippen molar-refractivity contribution in [1.29, 1.82) is 0 Å². The number of benzene rings is 1. The summed E-state index contributed by atoms with van der Waals surface area (Å²) in [6.45, 7) is 0. The van der Waals surface area contributed by atoms with Gasteiger partial charge in [-0.25, -0.2) is 0 Å². The molecule has 2 rings (SSSR count). The number of H-pyrrole nitrogens is 1. The minimum absolute atomic E-state index is 0.551. The van der Waals surface area contributed by atoms with Crippen molar-refractivity contribution >= 4 is 17.2 Å². The summed E-state index contributed by atoms with van der Waals surface area (Å²) in [6.07, 6.45) is 2.57. The predicted molar refractivity (Wildman–Crippen MR) is 56.8 cm³/mol. The molecule has 1 aromatic carbocycles. The fourth-order valence-corrected chi connectivity index (χ4v) is 1.66. The number of nitrogens with one attached hydrogen (secondary N) is 1. The van der Waals surface area contributed by atoms with Crippen LogP contribution in [0.25, 0.3) is 10.9 Å². The SMILES string of the molecule is COc1cc(C=O)c2cc[nH]c2c1OC. The van der Waals surface area contributed by atoms with Gasteiger partial charge in [-0.15, -0.1) is 0 Å². The average molecular weight is 205 g/mol. The molecule has 0 saturated carbocycles. The fraction of sp³-hybridized carbons (Fsp3) is 0.182. The van der Waals surface area contributed by atoms with Crippen molar-refractivity contribution in [2.24, 2.45) is 0 Å². The minimum atomic E-state index is 0.551. The van der Waals surface area contributed by atoms with Crippen molar-refractivity contribution < 1.29 is 14.3 Å². The number of ether oxygens (including phenoxy) is 2. The van der Waals surface area contributed by atoms with Crippen molar-refractivity contribution in [2.45, 2.75) is 0 Å². The van der Waals surface area contributed by atoms with Gasteiger partial charge in [-0.3, -0.25) is 4.79 Å². The van der Waals surface area contributed by atoms with Crippen LogP contribution in [0, 0.1) is 0 Å². The topological polar surface area (TPSA) is 51.3 Å². The fourth-order valence-electron chi connectivity index (χ4n) is 1.66. The third-order valence-corrected chi connectivity index (χ3v) is 2.35. The van der Waals surface area contributed by atoms with Gasteiger partial charge in [-0.2, -0.15) is 0 Å². The molecule has 1 N–H and O–H groups in total. The van der Waals surface area contributed by atoms with Gasteiger partial charge in [0.15, 0.2) is 17.8 Å². The van der Waals surface area contributed by atoms with E-state index >= 15 is 0 Å². The van der Waals surface area contributed by atoms with Crippen LogP contribution in [0.4, 0.5) is 0 Å². The molecule has 0 aliphatic heterocycles. The monoisotopic (exact) mass is 205 g/mol. The van der Waals surface area contributed by atoms with E-state index in [1.165, 1.54) is 0 Å². The van der Waals surface area contributed by atoms with E-state index in [1.807, 2.05) is 6.07 Å². The van der Waals surface area contributed by atoms with Gasteiger partial charge in [0.25, 0.3) is 0 Å². The van der Waals surface area contributed by atoms with Gasteiger partial charge in [0.1, 0.15) is 0 Å². The molecule has 0 fully saturated rings. The molecule has 0 atom stereocenters. The van der Waals surface area contributed by atoms with Crippen molar-refractivity contribution in [2.75, 3.05) is 14.2 Å². The summed E-state index contributed by atoms with van der Waals surface area (Å²) in [7, 11) is 3.11. The van der Waals surface area contributed by atoms with Crippen LogP contribution in [0.15, 0.2) is 18.3 Å². The summed E-state index contributed by atoms with van der Waals surface area (Å²) in [6, 6.07) is 3.50. The molecule has 0 amide bonds. The Kier molecular flexibility index (Phi) is 2.33. The number of rotatable bonds is 3. The lowest BCUT2D eigenvalue weighted by molar-refractivity contribution is 0.112. The summed E-state index contributed by atoms with van der Waals surface area (Å²) >= 11 is 0. The van der Waals surface area contributed by atoms with E-state index in [-0.39, 0.29) is 0 Å². The lowest BCUT2D eigenvalue weighted by atomic mass is 10.1. The maximum Gasteiger partial charge on any atom is 0.184 e. The zero-order valence-electron chi connectivity index (χ0n) is 8.53. The maximum absolute atomic E-state index is 10.9.